The average Bonchev–Trinajstić information content (AvgIpc) is 3.30. The Labute approximate surface area is 233 Å². The molecule has 8 heteroatoms. The summed E-state index contributed by atoms with van der Waals surface area (Å²) in [5.74, 6) is 0.769. The quantitative estimate of drug-likeness (QED) is 0.219. The van der Waals surface area contributed by atoms with Crippen LogP contribution < -0.4 is 15.0 Å². The Morgan fingerprint density at radius 3 is 2.59 bits per heavy atom. The van der Waals surface area contributed by atoms with Gasteiger partial charge in [0.05, 0.1) is 18.8 Å². The molecular formula is C31H34ClN3O4. The van der Waals surface area contributed by atoms with Crippen LogP contribution in [0, 0.1) is 5.92 Å². The monoisotopic (exact) mass is 547 g/mol. The van der Waals surface area contributed by atoms with E-state index in [1.807, 2.05) is 56.3 Å². The number of phenols is 1. The fourth-order valence-corrected chi connectivity index (χ4v) is 5.29. The Hall–Kier alpha value is -3.68. The van der Waals surface area contributed by atoms with Gasteiger partial charge in [-0.15, -0.1) is 0 Å². The lowest BCUT2D eigenvalue weighted by atomic mass is 9.91. The Morgan fingerprint density at radius 1 is 1.13 bits per heavy atom. The summed E-state index contributed by atoms with van der Waals surface area (Å²) in [5, 5.41) is 24.6. The Bertz CT molecular complexity index is 1430. The van der Waals surface area contributed by atoms with Gasteiger partial charge < -0.3 is 30.2 Å². The zero-order chi connectivity index (χ0) is 27.5. The third-order valence-electron chi connectivity index (χ3n) is 7.22. The molecule has 1 aliphatic heterocycles. The van der Waals surface area contributed by atoms with E-state index >= 15 is 0 Å². The SMILES string of the molecule is CC(C)C(=O)NCC(O)CCOc1ccc(C2c3[nH]c4ccc(Cl)cc4c3CCN2c2ccc(O)cc2)cc1. The van der Waals surface area contributed by atoms with Gasteiger partial charge in [0, 0.05) is 52.7 Å². The highest BCUT2D eigenvalue weighted by Crippen LogP contribution is 2.41. The van der Waals surface area contributed by atoms with E-state index in [0.717, 1.165) is 45.8 Å². The second-order valence-electron chi connectivity index (χ2n) is 10.3. The molecule has 2 unspecified atom stereocenters. The number of aromatic nitrogens is 1. The summed E-state index contributed by atoms with van der Waals surface area (Å²) in [6.07, 6.45) is 0.619. The fourth-order valence-electron chi connectivity index (χ4n) is 5.11. The van der Waals surface area contributed by atoms with Crippen molar-refractivity contribution >= 4 is 34.1 Å². The molecule has 1 aromatic heterocycles. The normalized spacial score (nSPS) is 15.8. The summed E-state index contributed by atoms with van der Waals surface area (Å²) in [6, 6.07) is 21.2. The second-order valence-corrected chi connectivity index (χ2v) is 10.8. The first-order chi connectivity index (χ1) is 18.8. The summed E-state index contributed by atoms with van der Waals surface area (Å²) in [4.78, 5) is 17.7. The van der Waals surface area contributed by atoms with E-state index in [0.29, 0.717) is 18.8 Å². The Kier molecular flexibility index (Phi) is 8.00. The van der Waals surface area contributed by atoms with Gasteiger partial charge in [-0.25, -0.2) is 0 Å². The molecule has 0 saturated carbocycles. The molecule has 0 fully saturated rings. The molecule has 0 aliphatic carbocycles. The predicted octanol–water partition coefficient (Wildman–Crippen LogP) is 5.58. The summed E-state index contributed by atoms with van der Waals surface area (Å²) in [6.45, 7) is 5.01. The first kappa shape index (κ1) is 26.9. The number of aromatic amines is 1. The second kappa shape index (κ2) is 11.6. The van der Waals surface area contributed by atoms with E-state index in [4.69, 9.17) is 16.3 Å². The Balaban J connectivity index is 1.35. The van der Waals surface area contributed by atoms with Crippen molar-refractivity contribution in [2.45, 2.75) is 38.8 Å². The first-order valence-electron chi connectivity index (χ1n) is 13.3. The number of H-pyrrole nitrogens is 1. The van der Waals surface area contributed by atoms with Crippen LogP contribution in [0.1, 0.15) is 43.1 Å². The van der Waals surface area contributed by atoms with Gasteiger partial charge in [-0.05, 0) is 72.1 Å². The number of carbonyl (C=O) groups is 1. The molecule has 3 aromatic carbocycles. The number of carbonyl (C=O) groups excluding carboxylic acids is 1. The third-order valence-corrected chi connectivity index (χ3v) is 7.46. The number of phenolic OH excluding ortho intramolecular Hbond substituents is 1. The molecule has 39 heavy (non-hydrogen) atoms. The van der Waals surface area contributed by atoms with E-state index in [2.05, 4.69) is 27.3 Å². The van der Waals surface area contributed by atoms with Crippen molar-refractivity contribution in [3.8, 4) is 11.5 Å². The van der Waals surface area contributed by atoms with Crippen LogP contribution in [-0.4, -0.2) is 46.9 Å². The summed E-state index contributed by atoms with van der Waals surface area (Å²) >= 11 is 6.34. The number of nitrogens with zero attached hydrogens (tertiary/aromatic N) is 1. The number of rotatable bonds is 9. The van der Waals surface area contributed by atoms with Crippen LogP contribution in [0.25, 0.3) is 10.9 Å². The van der Waals surface area contributed by atoms with Crippen LogP contribution in [0.5, 0.6) is 11.5 Å². The van der Waals surface area contributed by atoms with Crippen LogP contribution in [0.15, 0.2) is 66.7 Å². The van der Waals surface area contributed by atoms with Crippen molar-refractivity contribution in [1.29, 1.82) is 0 Å². The zero-order valence-electron chi connectivity index (χ0n) is 22.2. The standard InChI is InChI=1S/C31H34ClN3O4/c1-19(2)31(38)33-18-24(37)14-16-39-25-10-3-20(4-11-25)30-29-26(27-17-21(32)5-12-28(27)34-29)13-15-35(30)22-6-8-23(36)9-7-22/h3-12,17,19,24,30,34,36-37H,13-16,18H2,1-2H3,(H,33,38). The summed E-state index contributed by atoms with van der Waals surface area (Å²) in [7, 11) is 0. The maximum absolute atomic E-state index is 11.7. The summed E-state index contributed by atoms with van der Waals surface area (Å²) < 4.78 is 5.89. The maximum Gasteiger partial charge on any atom is 0.222 e. The maximum atomic E-state index is 11.7. The number of nitrogens with one attached hydrogen (secondary N) is 2. The van der Waals surface area contributed by atoms with Gasteiger partial charge in [0.25, 0.3) is 0 Å². The highest BCUT2D eigenvalue weighted by atomic mass is 35.5. The van der Waals surface area contributed by atoms with Crippen molar-refractivity contribution < 1.29 is 19.7 Å². The highest BCUT2D eigenvalue weighted by molar-refractivity contribution is 6.31. The minimum Gasteiger partial charge on any atom is -0.508 e. The van der Waals surface area contributed by atoms with E-state index in [9.17, 15) is 15.0 Å². The largest absolute Gasteiger partial charge is 0.508 e. The molecule has 4 N–H and O–H groups in total. The van der Waals surface area contributed by atoms with Gasteiger partial charge in [-0.1, -0.05) is 37.6 Å². The number of amides is 1. The van der Waals surface area contributed by atoms with Gasteiger partial charge in [-0.3, -0.25) is 4.79 Å². The number of hydrogen-bond acceptors (Lipinski definition) is 5. The third kappa shape index (κ3) is 6.00. The molecule has 0 saturated heterocycles. The molecule has 4 aromatic rings. The summed E-state index contributed by atoms with van der Waals surface area (Å²) in [5.41, 5.74) is 5.59. The van der Waals surface area contributed by atoms with Crippen molar-refractivity contribution in [2.75, 3.05) is 24.6 Å². The minimum atomic E-state index is -0.665. The smallest absolute Gasteiger partial charge is 0.222 e. The Morgan fingerprint density at radius 2 is 1.87 bits per heavy atom. The molecule has 1 amide bonds. The number of aromatic hydroxyl groups is 1. The molecule has 204 valence electrons. The molecule has 2 heterocycles. The van der Waals surface area contributed by atoms with Crippen LogP contribution in [-0.2, 0) is 11.2 Å². The molecule has 0 radical (unpaired) electrons. The predicted molar refractivity (Wildman–Crippen MR) is 155 cm³/mol. The van der Waals surface area contributed by atoms with Crippen molar-refractivity contribution in [1.82, 2.24) is 10.3 Å². The first-order valence-corrected chi connectivity index (χ1v) is 13.7. The number of aliphatic hydroxyl groups is 1. The topological polar surface area (TPSA) is 97.8 Å². The number of hydrogen-bond donors (Lipinski definition) is 4. The van der Waals surface area contributed by atoms with E-state index in [-0.39, 0.29) is 30.2 Å². The lowest BCUT2D eigenvalue weighted by molar-refractivity contribution is -0.124. The number of fused-ring (bicyclic) bond motifs is 3. The average molecular weight is 548 g/mol. The van der Waals surface area contributed by atoms with Crippen molar-refractivity contribution in [3.63, 3.8) is 0 Å². The number of aliphatic hydroxyl groups excluding tert-OH is 1. The molecule has 2 atom stereocenters. The van der Waals surface area contributed by atoms with Crippen LogP contribution in [0.2, 0.25) is 5.02 Å². The van der Waals surface area contributed by atoms with Crippen LogP contribution in [0.3, 0.4) is 0 Å². The molecule has 7 nitrogen and oxygen atoms in total. The van der Waals surface area contributed by atoms with Crippen molar-refractivity contribution in [2.24, 2.45) is 5.92 Å². The van der Waals surface area contributed by atoms with Gasteiger partial charge in [0.15, 0.2) is 0 Å². The highest BCUT2D eigenvalue weighted by Gasteiger charge is 2.32. The zero-order valence-corrected chi connectivity index (χ0v) is 22.9. The van der Waals surface area contributed by atoms with E-state index in [1.165, 1.54) is 5.56 Å². The van der Waals surface area contributed by atoms with E-state index in [1.54, 1.807) is 12.1 Å². The van der Waals surface area contributed by atoms with E-state index < -0.39 is 6.10 Å². The van der Waals surface area contributed by atoms with Crippen LogP contribution in [0.4, 0.5) is 5.69 Å². The minimum absolute atomic E-state index is 0.0649. The van der Waals surface area contributed by atoms with Gasteiger partial charge in [0.2, 0.25) is 5.91 Å². The molecule has 0 spiro atoms. The lowest BCUT2D eigenvalue weighted by Crippen LogP contribution is -2.36. The molecular weight excluding hydrogens is 514 g/mol. The number of ether oxygens (including phenoxy) is 1. The number of benzene rings is 3. The molecule has 0 bridgehead atoms. The van der Waals surface area contributed by atoms with Gasteiger partial charge in [0.1, 0.15) is 11.5 Å². The van der Waals surface area contributed by atoms with Crippen molar-refractivity contribution in [3.05, 3.63) is 88.6 Å². The number of halogens is 1. The molecule has 5 rings (SSSR count). The lowest BCUT2D eigenvalue weighted by Gasteiger charge is -2.38. The fraction of sp³-hybridized carbons (Fsp3) is 0.323. The molecule has 1 aliphatic rings. The number of anilines is 1. The van der Waals surface area contributed by atoms with Gasteiger partial charge >= 0.3 is 0 Å². The van der Waals surface area contributed by atoms with Crippen LogP contribution >= 0.6 is 11.6 Å². The van der Waals surface area contributed by atoms with Gasteiger partial charge in [-0.2, -0.15) is 0 Å².